The normalized spacial score (nSPS) is 12.8. The summed E-state index contributed by atoms with van der Waals surface area (Å²) in [6.07, 6.45) is -2.38. The molecule has 0 fully saturated rings. The first-order chi connectivity index (χ1) is 13.1. The van der Waals surface area contributed by atoms with Gasteiger partial charge in [0.25, 0.3) is 5.91 Å². The highest BCUT2D eigenvalue weighted by Crippen LogP contribution is 2.45. The second-order valence-corrected chi connectivity index (χ2v) is 9.68. The van der Waals surface area contributed by atoms with E-state index in [2.05, 4.69) is 10.4 Å². The van der Waals surface area contributed by atoms with Gasteiger partial charge < -0.3 is 14.9 Å². The van der Waals surface area contributed by atoms with Crippen LogP contribution in [0.2, 0.25) is 0 Å². The van der Waals surface area contributed by atoms with Gasteiger partial charge in [-0.3, -0.25) is 4.79 Å². The summed E-state index contributed by atoms with van der Waals surface area (Å²) >= 11 is 5.73. The van der Waals surface area contributed by atoms with Crippen molar-refractivity contribution in [3.63, 3.8) is 0 Å². The standard InChI is InChI=1S/C21H21N2O2PS/c1-25-26(27,20-10-6-3-7-11-20)23-19-14-12-18(13-15-19)21(24)22-16-17-8-4-2-5-9-17/h2-15H,16H2,1H3,(H,22,24)(H,23,27). The lowest BCUT2D eigenvalue weighted by Gasteiger charge is -2.23. The van der Waals surface area contributed by atoms with Crippen LogP contribution in [0.3, 0.4) is 0 Å². The molecule has 0 saturated carbocycles. The number of amides is 1. The van der Waals surface area contributed by atoms with Crippen LogP contribution >= 0.6 is 6.42 Å². The van der Waals surface area contributed by atoms with E-state index in [9.17, 15) is 4.79 Å². The number of anilines is 1. The van der Waals surface area contributed by atoms with Crippen LogP contribution in [0.5, 0.6) is 0 Å². The minimum Gasteiger partial charge on any atom is -0.348 e. The molecule has 0 aliphatic heterocycles. The van der Waals surface area contributed by atoms with Crippen molar-refractivity contribution < 1.29 is 9.32 Å². The van der Waals surface area contributed by atoms with Crippen molar-refractivity contribution in [3.8, 4) is 0 Å². The zero-order valence-corrected chi connectivity index (χ0v) is 16.7. The van der Waals surface area contributed by atoms with Gasteiger partial charge in [0, 0.05) is 30.2 Å². The molecule has 0 aliphatic carbocycles. The average molecular weight is 396 g/mol. The van der Waals surface area contributed by atoms with Gasteiger partial charge in [-0.2, -0.15) is 0 Å². The Morgan fingerprint density at radius 1 is 0.926 bits per heavy atom. The van der Waals surface area contributed by atoms with E-state index in [0.29, 0.717) is 12.1 Å². The predicted molar refractivity (Wildman–Crippen MR) is 115 cm³/mol. The van der Waals surface area contributed by atoms with Gasteiger partial charge in [-0.15, -0.1) is 0 Å². The Bertz CT molecular complexity index is 931. The van der Waals surface area contributed by atoms with Crippen LogP contribution in [0.25, 0.3) is 0 Å². The van der Waals surface area contributed by atoms with Crippen molar-refractivity contribution in [2.75, 3.05) is 12.2 Å². The highest BCUT2D eigenvalue weighted by molar-refractivity contribution is 8.16. The summed E-state index contributed by atoms with van der Waals surface area (Å²) in [6.45, 7) is 0.498. The lowest BCUT2D eigenvalue weighted by atomic mass is 10.2. The molecule has 3 aromatic rings. The molecule has 6 heteroatoms. The van der Waals surface area contributed by atoms with Crippen LogP contribution in [0.1, 0.15) is 15.9 Å². The van der Waals surface area contributed by atoms with E-state index in [1.807, 2.05) is 72.8 Å². The first-order valence-corrected chi connectivity index (χ1v) is 11.2. The Balaban J connectivity index is 1.66. The Morgan fingerprint density at radius 2 is 1.52 bits per heavy atom. The van der Waals surface area contributed by atoms with Crippen LogP contribution in [-0.4, -0.2) is 13.0 Å². The molecule has 0 radical (unpaired) electrons. The van der Waals surface area contributed by atoms with E-state index < -0.39 is 6.42 Å². The van der Waals surface area contributed by atoms with Gasteiger partial charge in [0.05, 0.1) is 0 Å². The first kappa shape index (κ1) is 19.3. The van der Waals surface area contributed by atoms with Crippen molar-refractivity contribution >= 4 is 35.1 Å². The van der Waals surface area contributed by atoms with Crippen LogP contribution in [0.15, 0.2) is 84.9 Å². The summed E-state index contributed by atoms with van der Waals surface area (Å²) in [5, 5.41) is 7.19. The summed E-state index contributed by atoms with van der Waals surface area (Å²) in [7, 11) is 1.62. The number of rotatable bonds is 7. The predicted octanol–water partition coefficient (Wildman–Crippen LogP) is 4.31. The van der Waals surface area contributed by atoms with E-state index in [-0.39, 0.29) is 5.91 Å². The highest BCUT2D eigenvalue weighted by atomic mass is 32.4. The number of hydrogen-bond donors (Lipinski definition) is 2. The highest BCUT2D eigenvalue weighted by Gasteiger charge is 2.19. The third kappa shape index (κ3) is 5.04. The molecule has 1 amide bonds. The zero-order chi connectivity index (χ0) is 19.1. The van der Waals surface area contributed by atoms with Crippen LogP contribution < -0.4 is 15.7 Å². The number of carbonyl (C=O) groups is 1. The Kier molecular flexibility index (Phi) is 6.40. The third-order valence-corrected chi connectivity index (χ3v) is 7.47. The first-order valence-electron chi connectivity index (χ1n) is 8.52. The van der Waals surface area contributed by atoms with Crippen molar-refractivity contribution in [1.29, 1.82) is 0 Å². The SMILES string of the molecule is COP(=S)(Nc1ccc(C(=O)NCc2ccccc2)cc1)c1ccccc1. The van der Waals surface area contributed by atoms with Crippen LogP contribution in [-0.2, 0) is 22.9 Å². The molecule has 0 bridgehead atoms. The maximum Gasteiger partial charge on any atom is 0.251 e. The molecule has 0 aliphatic rings. The fourth-order valence-electron chi connectivity index (χ4n) is 2.59. The van der Waals surface area contributed by atoms with E-state index in [1.54, 1.807) is 19.2 Å². The number of carbonyl (C=O) groups excluding carboxylic acids is 1. The minimum atomic E-state index is -2.38. The number of nitrogens with one attached hydrogen (secondary N) is 2. The second kappa shape index (κ2) is 8.96. The molecular weight excluding hydrogens is 375 g/mol. The van der Waals surface area contributed by atoms with Crippen molar-refractivity contribution in [2.24, 2.45) is 0 Å². The number of hydrogen-bond acceptors (Lipinski definition) is 3. The monoisotopic (exact) mass is 396 g/mol. The van der Waals surface area contributed by atoms with Crippen molar-refractivity contribution in [3.05, 3.63) is 96.1 Å². The summed E-state index contributed by atoms with van der Waals surface area (Å²) in [5.74, 6) is -0.111. The van der Waals surface area contributed by atoms with Gasteiger partial charge >= 0.3 is 0 Å². The van der Waals surface area contributed by atoms with Crippen LogP contribution in [0.4, 0.5) is 5.69 Å². The average Bonchev–Trinajstić information content (AvgIpc) is 2.74. The van der Waals surface area contributed by atoms with Gasteiger partial charge in [0.15, 0.2) is 6.42 Å². The molecule has 1 unspecified atom stereocenters. The minimum absolute atomic E-state index is 0.111. The third-order valence-electron chi connectivity index (χ3n) is 4.07. The Hall–Kier alpha value is -2.46. The molecule has 27 heavy (non-hydrogen) atoms. The Morgan fingerprint density at radius 3 is 2.11 bits per heavy atom. The number of benzene rings is 3. The van der Waals surface area contributed by atoms with E-state index in [0.717, 1.165) is 16.6 Å². The maximum atomic E-state index is 12.3. The summed E-state index contributed by atoms with van der Waals surface area (Å²) < 4.78 is 5.63. The molecule has 3 aromatic carbocycles. The molecule has 3 rings (SSSR count). The van der Waals surface area contributed by atoms with E-state index in [1.165, 1.54) is 0 Å². The van der Waals surface area contributed by atoms with E-state index in [4.69, 9.17) is 16.3 Å². The molecule has 0 spiro atoms. The molecule has 0 aromatic heterocycles. The molecular formula is C21H21N2O2PS. The molecule has 2 N–H and O–H groups in total. The fourth-order valence-corrected chi connectivity index (χ4v) is 4.75. The summed E-state index contributed by atoms with van der Waals surface area (Å²) in [6, 6.07) is 26.8. The largest absolute Gasteiger partial charge is 0.348 e. The van der Waals surface area contributed by atoms with Crippen LogP contribution in [0, 0.1) is 0 Å². The lowest BCUT2D eigenvalue weighted by Crippen LogP contribution is -2.22. The van der Waals surface area contributed by atoms with Crippen molar-refractivity contribution in [1.82, 2.24) is 5.32 Å². The summed E-state index contributed by atoms with van der Waals surface area (Å²) in [4.78, 5) is 12.3. The van der Waals surface area contributed by atoms with Gasteiger partial charge in [0.1, 0.15) is 0 Å². The van der Waals surface area contributed by atoms with Gasteiger partial charge in [-0.1, -0.05) is 48.5 Å². The van der Waals surface area contributed by atoms with Crippen molar-refractivity contribution in [2.45, 2.75) is 6.54 Å². The lowest BCUT2D eigenvalue weighted by molar-refractivity contribution is 0.0951. The van der Waals surface area contributed by atoms with Gasteiger partial charge in [-0.25, -0.2) is 0 Å². The molecule has 1 atom stereocenters. The van der Waals surface area contributed by atoms with E-state index >= 15 is 0 Å². The molecule has 0 saturated heterocycles. The fraction of sp³-hybridized carbons (Fsp3) is 0.0952. The molecule has 4 nitrogen and oxygen atoms in total. The van der Waals surface area contributed by atoms with Gasteiger partial charge in [0.2, 0.25) is 0 Å². The Labute approximate surface area is 164 Å². The van der Waals surface area contributed by atoms with Gasteiger partial charge in [-0.05, 0) is 53.8 Å². The zero-order valence-electron chi connectivity index (χ0n) is 15.0. The molecule has 138 valence electrons. The maximum absolute atomic E-state index is 12.3. The quantitative estimate of drug-likeness (QED) is 0.585. The topological polar surface area (TPSA) is 50.4 Å². The second-order valence-electron chi connectivity index (χ2n) is 5.93. The molecule has 0 heterocycles. The summed E-state index contributed by atoms with van der Waals surface area (Å²) in [5.41, 5.74) is 2.48. The smallest absolute Gasteiger partial charge is 0.251 e.